The van der Waals surface area contributed by atoms with E-state index >= 15 is 0 Å². The zero-order valence-corrected chi connectivity index (χ0v) is 12.7. The lowest BCUT2D eigenvalue weighted by molar-refractivity contribution is 0.270. The van der Waals surface area contributed by atoms with E-state index in [1.807, 2.05) is 13.0 Å². The van der Waals surface area contributed by atoms with Crippen LogP contribution in [0.3, 0.4) is 0 Å². The normalized spacial score (nSPS) is 10.1. The Morgan fingerprint density at radius 2 is 1.70 bits per heavy atom. The highest BCUT2D eigenvalue weighted by atomic mass is 16.5. The van der Waals surface area contributed by atoms with Gasteiger partial charge in [0.05, 0.1) is 24.8 Å². The molecule has 0 amide bonds. The minimum absolute atomic E-state index is 0.572. The number of benzene rings is 1. The fourth-order valence-corrected chi connectivity index (χ4v) is 2.03. The molecule has 0 aromatic heterocycles. The monoisotopic (exact) mass is 275 g/mol. The van der Waals surface area contributed by atoms with Crippen molar-refractivity contribution in [2.24, 2.45) is 0 Å². The Bertz CT molecular complexity index is 423. The summed E-state index contributed by atoms with van der Waals surface area (Å²) in [6.07, 6.45) is 7.47. The molecule has 0 heterocycles. The van der Waals surface area contributed by atoms with Gasteiger partial charge in [0.1, 0.15) is 0 Å². The highest BCUT2D eigenvalue weighted by molar-refractivity contribution is 5.46. The average molecular weight is 275 g/mol. The van der Waals surface area contributed by atoms with Gasteiger partial charge >= 0.3 is 0 Å². The molecule has 0 radical (unpaired) electrons. The first-order valence-corrected chi connectivity index (χ1v) is 7.61. The molecule has 0 unspecified atom stereocenters. The van der Waals surface area contributed by atoms with Crippen LogP contribution in [0, 0.1) is 11.3 Å². The molecule has 1 aromatic rings. The van der Waals surface area contributed by atoms with Gasteiger partial charge in [-0.3, -0.25) is 0 Å². The first-order valence-electron chi connectivity index (χ1n) is 7.61. The number of hydrogen-bond acceptors (Lipinski definition) is 3. The third-order valence-corrected chi connectivity index (χ3v) is 3.13. The summed E-state index contributed by atoms with van der Waals surface area (Å²) in [7, 11) is 0. The molecule has 0 aliphatic heterocycles. The smallest absolute Gasteiger partial charge is 0.162 e. The van der Waals surface area contributed by atoms with Crippen LogP contribution in [0.5, 0.6) is 11.5 Å². The lowest BCUT2D eigenvalue weighted by Crippen LogP contribution is -2.01. The van der Waals surface area contributed by atoms with Crippen LogP contribution in [0.2, 0.25) is 0 Å². The quantitative estimate of drug-likeness (QED) is 0.581. The van der Waals surface area contributed by atoms with E-state index in [2.05, 4.69) is 13.0 Å². The number of nitrogens with zero attached hydrogens (tertiary/aromatic N) is 1. The largest absolute Gasteiger partial charge is 0.490 e. The number of nitriles is 1. The van der Waals surface area contributed by atoms with Crippen molar-refractivity contribution in [1.29, 1.82) is 5.26 Å². The molecule has 0 fully saturated rings. The predicted octanol–water partition coefficient (Wildman–Crippen LogP) is 4.70. The molecule has 0 N–H and O–H groups in total. The van der Waals surface area contributed by atoms with Crippen LogP contribution in [0.15, 0.2) is 18.2 Å². The Balaban J connectivity index is 2.37. The van der Waals surface area contributed by atoms with Gasteiger partial charge in [-0.15, -0.1) is 0 Å². The molecular formula is C17H25NO2. The zero-order chi connectivity index (χ0) is 14.6. The van der Waals surface area contributed by atoms with Gasteiger partial charge in [0.25, 0.3) is 0 Å². The third kappa shape index (κ3) is 5.97. The summed E-state index contributed by atoms with van der Waals surface area (Å²) in [5.41, 5.74) is 0.598. The lowest BCUT2D eigenvalue weighted by Gasteiger charge is -2.12. The molecule has 1 rings (SSSR count). The van der Waals surface area contributed by atoms with Gasteiger partial charge in [0.15, 0.2) is 11.5 Å². The van der Waals surface area contributed by atoms with Crippen molar-refractivity contribution < 1.29 is 9.47 Å². The molecule has 1 aromatic carbocycles. The highest BCUT2D eigenvalue weighted by Crippen LogP contribution is 2.28. The second kappa shape index (κ2) is 10.1. The summed E-state index contributed by atoms with van der Waals surface area (Å²) in [4.78, 5) is 0. The summed E-state index contributed by atoms with van der Waals surface area (Å²) in [6, 6.07) is 7.43. The Morgan fingerprint density at radius 3 is 2.40 bits per heavy atom. The highest BCUT2D eigenvalue weighted by Gasteiger charge is 2.06. The van der Waals surface area contributed by atoms with Crippen molar-refractivity contribution >= 4 is 0 Å². The van der Waals surface area contributed by atoms with Gasteiger partial charge in [0, 0.05) is 6.07 Å². The van der Waals surface area contributed by atoms with E-state index in [-0.39, 0.29) is 0 Å². The summed E-state index contributed by atoms with van der Waals surface area (Å²) in [5, 5.41) is 8.89. The number of ether oxygens (including phenoxy) is 2. The van der Waals surface area contributed by atoms with Crippen molar-refractivity contribution in [3.63, 3.8) is 0 Å². The fourth-order valence-electron chi connectivity index (χ4n) is 2.03. The Morgan fingerprint density at radius 1 is 0.950 bits per heavy atom. The van der Waals surface area contributed by atoms with Gasteiger partial charge in [-0.1, -0.05) is 39.0 Å². The SMILES string of the molecule is CCCCCCCCOc1ccc(C#N)cc1OCC. The van der Waals surface area contributed by atoms with Crippen LogP contribution < -0.4 is 9.47 Å². The third-order valence-electron chi connectivity index (χ3n) is 3.13. The maximum atomic E-state index is 8.89. The van der Waals surface area contributed by atoms with Crippen LogP contribution >= 0.6 is 0 Å². The Hall–Kier alpha value is -1.69. The molecular weight excluding hydrogens is 250 g/mol. The van der Waals surface area contributed by atoms with E-state index < -0.39 is 0 Å². The van der Waals surface area contributed by atoms with Crippen LogP contribution in [0.4, 0.5) is 0 Å². The van der Waals surface area contributed by atoms with E-state index in [0.29, 0.717) is 24.5 Å². The Kier molecular flexibility index (Phi) is 8.30. The van der Waals surface area contributed by atoms with Gasteiger partial charge in [-0.2, -0.15) is 5.26 Å². The van der Waals surface area contributed by atoms with Crippen molar-refractivity contribution in [3.8, 4) is 17.6 Å². The Labute approximate surface area is 122 Å². The molecule has 110 valence electrons. The fraction of sp³-hybridized carbons (Fsp3) is 0.588. The summed E-state index contributed by atoms with van der Waals surface area (Å²) in [6.45, 7) is 5.43. The van der Waals surface area contributed by atoms with Crippen LogP contribution in [-0.2, 0) is 0 Å². The molecule has 0 saturated heterocycles. The molecule has 0 spiro atoms. The van der Waals surface area contributed by atoms with Crippen molar-refractivity contribution in [3.05, 3.63) is 23.8 Å². The second-order valence-corrected chi connectivity index (χ2v) is 4.82. The topological polar surface area (TPSA) is 42.2 Å². The number of unbranched alkanes of at least 4 members (excludes halogenated alkanes) is 5. The molecule has 0 aliphatic carbocycles. The maximum absolute atomic E-state index is 8.89. The zero-order valence-electron chi connectivity index (χ0n) is 12.7. The average Bonchev–Trinajstić information content (AvgIpc) is 2.47. The second-order valence-electron chi connectivity index (χ2n) is 4.82. The number of rotatable bonds is 10. The summed E-state index contributed by atoms with van der Waals surface area (Å²) < 4.78 is 11.3. The number of hydrogen-bond donors (Lipinski definition) is 0. The summed E-state index contributed by atoms with van der Waals surface area (Å²) >= 11 is 0. The van der Waals surface area contributed by atoms with Crippen LogP contribution in [0.1, 0.15) is 57.9 Å². The lowest BCUT2D eigenvalue weighted by atomic mass is 10.1. The molecule has 20 heavy (non-hydrogen) atoms. The van der Waals surface area contributed by atoms with E-state index in [4.69, 9.17) is 14.7 Å². The first-order chi connectivity index (χ1) is 9.81. The van der Waals surface area contributed by atoms with Crippen molar-refractivity contribution in [1.82, 2.24) is 0 Å². The van der Waals surface area contributed by atoms with E-state index in [1.54, 1.807) is 12.1 Å². The molecule has 0 bridgehead atoms. The molecule has 0 atom stereocenters. The minimum Gasteiger partial charge on any atom is -0.490 e. The van der Waals surface area contributed by atoms with Gasteiger partial charge < -0.3 is 9.47 Å². The molecule has 3 heteroatoms. The van der Waals surface area contributed by atoms with Gasteiger partial charge in [-0.25, -0.2) is 0 Å². The maximum Gasteiger partial charge on any atom is 0.162 e. The van der Waals surface area contributed by atoms with E-state index in [1.165, 1.54) is 32.1 Å². The van der Waals surface area contributed by atoms with Gasteiger partial charge in [-0.05, 0) is 25.5 Å². The van der Waals surface area contributed by atoms with Crippen LogP contribution in [0.25, 0.3) is 0 Å². The molecule has 0 aliphatic rings. The van der Waals surface area contributed by atoms with E-state index in [0.717, 1.165) is 12.2 Å². The minimum atomic E-state index is 0.572. The van der Waals surface area contributed by atoms with Crippen molar-refractivity contribution in [2.45, 2.75) is 52.4 Å². The first kappa shape index (κ1) is 16.4. The van der Waals surface area contributed by atoms with Crippen LogP contribution in [-0.4, -0.2) is 13.2 Å². The molecule has 3 nitrogen and oxygen atoms in total. The standard InChI is InChI=1S/C17H25NO2/c1-3-5-6-7-8-9-12-20-16-11-10-15(14-18)13-17(16)19-4-2/h10-11,13H,3-9,12H2,1-2H3. The van der Waals surface area contributed by atoms with Crippen molar-refractivity contribution in [2.75, 3.05) is 13.2 Å². The summed E-state index contributed by atoms with van der Waals surface area (Å²) in [5.74, 6) is 1.40. The predicted molar refractivity (Wildman–Crippen MR) is 81.2 cm³/mol. The van der Waals surface area contributed by atoms with Gasteiger partial charge in [0.2, 0.25) is 0 Å². The van der Waals surface area contributed by atoms with E-state index in [9.17, 15) is 0 Å². The molecule has 0 saturated carbocycles.